The standard InChI is InChI=1S/C17H18N2O5S/c1-25(23,24)18-17(14-8-5-9-15(11-14)19(21)22)12-16(20)10-13-6-3-2-4-7-13/h2-9,11,17-18H,10,12H2,1H3. The number of carbonyl (C=O) groups is 1. The number of rotatable bonds is 8. The lowest BCUT2D eigenvalue weighted by Gasteiger charge is -2.17. The molecule has 0 heterocycles. The average molecular weight is 362 g/mol. The van der Waals surface area contributed by atoms with E-state index in [1.165, 1.54) is 18.2 Å². The number of nitrogens with one attached hydrogen (secondary N) is 1. The van der Waals surface area contributed by atoms with E-state index in [-0.39, 0.29) is 24.3 Å². The van der Waals surface area contributed by atoms with E-state index in [0.29, 0.717) is 5.56 Å². The molecule has 0 aliphatic heterocycles. The van der Waals surface area contributed by atoms with Crippen molar-refractivity contribution < 1.29 is 18.1 Å². The van der Waals surface area contributed by atoms with Crippen LogP contribution in [0.1, 0.15) is 23.6 Å². The van der Waals surface area contributed by atoms with Crippen molar-refractivity contribution in [2.75, 3.05) is 6.26 Å². The highest BCUT2D eigenvalue weighted by Gasteiger charge is 2.21. The molecule has 2 aromatic rings. The molecular weight excluding hydrogens is 344 g/mol. The van der Waals surface area contributed by atoms with Crippen LogP contribution >= 0.6 is 0 Å². The first-order valence-electron chi connectivity index (χ1n) is 7.52. The number of nitro groups is 1. The van der Waals surface area contributed by atoms with E-state index in [1.54, 1.807) is 6.07 Å². The van der Waals surface area contributed by atoms with E-state index in [4.69, 9.17) is 0 Å². The molecule has 0 aliphatic carbocycles. The molecule has 1 unspecified atom stereocenters. The molecule has 0 saturated heterocycles. The number of benzene rings is 2. The molecule has 0 radical (unpaired) electrons. The van der Waals surface area contributed by atoms with E-state index >= 15 is 0 Å². The Balaban J connectivity index is 2.22. The van der Waals surface area contributed by atoms with E-state index in [0.717, 1.165) is 11.8 Å². The third kappa shape index (κ3) is 6.09. The van der Waals surface area contributed by atoms with Crippen LogP contribution in [0.25, 0.3) is 0 Å². The van der Waals surface area contributed by atoms with Crippen molar-refractivity contribution in [1.29, 1.82) is 0 Å². The fraction of sp³-hybridized carbons (Fsp3) is 0.235. The highest BCUT2D eigenvalue weighted by molar-refractivity contribution is 7.88. The Hall–Kier alpha value is -2.58. The second-order valence-corrected chi connectivity index (χ2v) is 7.48. The number of ketones is 1. The van der Waals surface area contributed by atoms with Crippen LogP contribution < -0.4 is 4.72 Å². The summed E-state index contributed by atoms with van der Waals surface area (Å²) in [7, 11) is -3.60. The maximum absolute atomic E-state index is 12.3. The number of Topliss-reactive ketones (excluding diaryl/α,β-unsaturated/α-hetero) is 1. The molecule has 7 nitrogen and oxygen atoms in total. The minimum atomic E-state index is -3.60. The molecule has 0 aliphatic rings. The Morgan fingerprint density at radius 1 is 1.16 bits per heavy atom. The fourth-order valence-corrected chi connectivity index (χ4v) is 3.20. The zero-order chi connectivity index (χ0) is 18.4. The predicted molar refractivity (Wildman–Crippen MR) is 93.6 cm³/mol. The monoisotopic (exact) mass is 362 g/mol. The van der Waals surface area contributed by atoms with Crippen molar-refractivity contribution in [3.63, 3.8) is 0 Å². The van der Waals surface area contributed by atoms with E-state index in [1.807, 2.05) is 30.3 Å². The molecule has 25 heavy (non-hydrogen) atoms. The van der Waals surface area contributed by atoms with Gasteiger partial charge in [0, 0.05) is 25.0 Å². The van der Waals surface area contributed by atoms with Gasteiger partial charge in [-0.15, -0.1) is 0 Å². The van der Waals surface area contributed by atoms with Crippen molar-refractivity contribution in [1.82, 2.24) is 4.72 Å². The first-order valence-corrected chi connectivity index (χ1v) is 9.41. The summed E-state index contributed by atoms with van der Waals surface area (Å²) < 4.78 is 25.6. The van der Waals surface area contributed by atoms with Crippen LogP contribution in [0.4, 0.5) is 5.69 Å². The van der Waals surface area contributed by atoms with E-state index in [9.17, 15) is 23.3 Å². The number of nitrogens with zero attached hydrogens (tertiary/aromatic N) is 1. The Kier molecular flexibility index (Phi) is 6.00. The summed E-state index contributed by atoms with van der Waals surface area (Å²) in [5, 5.41) is 10.9. The Bertz CT molecular complexity index is 866. The Labute approximate surface area is 145 Å². The molecule has 0 saturated carbocycles. The van der Waals surface area contributed by atoms with Crippen LogP contribution in [0.2, 0.25) is 0 Å². The minimum absolute atomic E-state index is 0.0941. The van der Waals surface area contributed by atoms with Crippen LogP contribution in [0.15, 0.2) is 54.6 Å². The minimum Gasteiger partial charge on any atom is -0.299 e. The molecule has 1 N–H and O–H groups in total. The predicted octanol–water partition coefficient (Wildman–Crippen LogP) is 2.39. The maximum atomic E-state index is 12.3. The summed E-state index contributed by atoms with van der Waals surface area (Å²) in [6.45, 7) is 0. The molecule has 0 spiro atoms. The lowest BCUT2D eigenvalue weighted by atomic mass is 9.98. The molecule has 8 heteroatoms. The van der Waals surface area contributed by atoms with Crippen molar-refractivity contribution >= 4 is 21.5 Å². The third-order valence-corrected chi connectivity index (χ3v) is 4.23. The summed E-state index contributed by atoms with van der Waals surface area (Å²) >= 11 is 0. The zero-order valence-corrected chi connectivity index (χ0v) is 14.4. The summed E-state index contributed by atoms with van der Waals surface area (Å²) in [4.78, 5) is 22.7. The normalized spacial score (nSPS) is 12.5. The molecule has 2 aromatic carbocycles. The van der Waals surface area contributed by atoms with Crippen molar-refractivity contribution in [2.45, 2.75) is 18.9 Å². The number of sulfonamides is 1. The quantitative estimate of drug-likeness (QED) is 0.573. The molecule has 0 aromatic heterocycles. The SMILES string of the molecule is CS(=O)(=O)NC(CC(=O)Cc1ccccc1)c1cccc([N+](=O)[O-])c1. The summed E-state index contributed by atoms with van der Waals surface area (Å²) in [5.41, 5.74) is 1.04. The van der Waals surface area contributed by atoms with Gasteiger partial charge in [-0.05, 0) is 11.1 Å². The summed E-state index contributed by atoms with van der Waals surface area (Å²) in [6, 6.07) is 13.8. The van der Waals surface area contributed by atoms with Crippen molar-refractivity contribution in [2.24, 2.45) is 0 Å². The van der Waals surface area contributed by atoms with Gasteiger partial charge in [-0.1, -0.05) is 42.5 Å². The van der Waals surface area contributed by atoms with Gasteiger partial charge >= 0.3 is 0 Å². The lowest BCUT2D eigenvalue weighted by Crippen LogP contribution is -2.29. The number of non-ortho nitro benzene ring substituents is 1. The van der Waals surface area contributed by atoms with Crippen LogP contribution in [0.3, 0.4) is 0 Å². The van der Waals surface area contributed by atoms with Gasteiger partial charge in [0.1, 0.15) is 5.78 Å². The second-order valence-electron chi connectivity index (χ2n) is 5.70. The topological polar surface area (TPSA) is 106 Å². The maximum Gasteiger partial charge on any atom is 0.269 e. The molecule has 132 valence electrons. The zero-order valence-electron chi connectivity index (χ0n) is 13.6. The molecule has 0 bridgehead atoms. The van der Waals surface area contributed by atoms with Crippen LogP contribution in [0, 0.1) is 10.1 Å². The highest BCUT2D eigenvalue weighted by atomic mass is 32.2. The summed E-state index contributed by atoms with van der Waals surface area (Å²) in [5.74, 6) is -0.168. The largest absolute Gasteiger partial charge is 0.299 e. The van der Waals surface area contributed by atoms with Crippen LogP contribution in [0.5, 0.6) is 0 Å². The number of nitro benzene ring substituents is 1. The van der Waals surface area contributed by atoms with Gasteiger partial charge in [-0.2, -0.15) is 0 Å². The van der Waals surface area contributed by atoms with Crippen LogP contribution in [-0.2, 0) is 21.2 Å². The summed E-state index contributed by atoms with van der Waals surface area (Å²) in [6.07, 6.45) is 1.06. The van der Waals surface area contributed by atoms with Crippen molar-refractivity contribution in [3.05, 3.63) is 75.8 Å². The van der Waals surface area contributed by atoms with Crippen molar-refractivity contribution in [3.8, 4) is 0 Å². The van der Waals surface area contributed by atoms with Gasteiger partial charge in [-0.25, -0.2) is 13.1 Å². The first-order chi connectivity index (χ1) is 11.7. The molecule has 2 rings (SSSR count). The number of hydrogen-bond donors (Lipinski definition) is 1. The fourth-order valence-electron chi connectivity index (χ4n) is 2.46. The molecule has 1 atom stereocenters. The third-order valence-electron chi connectivity index (χ3n) is 3.52. The second kappa shape index (κ2) is 8.00. The van der Waals surface area contributed by atoms with Crippen LogP contribution in [-0.4, -0.2) is 25.4 Å². The smallest absolute Gasteiger partial charge is 0.269 e. The van der Waals surface area contributed by atoms with Gasteiger partial charge < -0.3 is 0 Å². The number of carbonyl (C=O) groups excluding carboxylic acids is 1. The van der Waals surface area contributed by atoms with E-state index < -0.39 is 21.0 Å². The molecule has 0 fully saturated rings. The molecular formula is C17H18N2O5S. The van der Waals surface area contributed by atoms with E-state index in [2.05, 4.69) is 4.72 Å². The lowest BCUT2D eigenvalue weighted by molar-refractivity contribution is -0.384. The van der Waals surface area contributed by atoms with Gasteiger partial charge in [0.2, 0.25) is 10.0 Å². The number of hydrogen-bond acceptors (Lipinski definition) is 5. The van der Waals surface area contributed by atoms with Gasteiger partial charge in [0.05, 0.1) is 17.2 Å². The highest BCUT2D eigenvalue weighted by Crippen LogP contribution is 2.23. The van der Waals surface area contributed by atoms with Gasteiger partial charge in [0.25, 0.3) is 5.69 Å². The van der Waals surface area contributed by atoms with Gasteiger partial charge in [-0.3, -0.25) is 14.9 Å². The molecule has 0 amide bonds. The Morgan fingerprint density at radius 2 is 1.84 bits per heavy atom. The first kappa shape index (κ1) is 18.8. The Morgan fingerprint density at radius 3 is 2.44 bits per heavy atom. The average Bonchev–Trinajstić information content (AvgIpc) is 2.54. The van der Waals surface area contributed by atoms with Gasteiger partial charge in [0.15, 0.2) is 0 Å².